The van der Waals surface area contributed by atoms with E-state index in [1.165, 1.54) is 30.1 Å². The highest BCUT2D eigenvalue weighted by molar-refractivity contribution is 8.13. The first kappa shape index (κ1) is 21.2. The number of carbonyl (C=O) groups is 2. The summed E-state index contributed by atoms with van der Waals surface area (Å²) >= 11 is 7.04. The van der Waals surface area contributed by atoms with Crippen molar-refractivity contribution in [3.05, 3.63) is 53.1 Å². The van der Waals surface area contributed by atoms with Crippen molar-refractivity contribution in [2.45, 2.75) is 9.79 Å². The van der Waals surface area contributed by atoms with Gasteiger partial charge in [-0.25, -0.2) is 13.1 Å². The zero-order chi connectivity index (χ0) is 20.2. The van der Waals surface area contributed by atoms with E-state index in [0.29, 0.717) is 10.6 Å². The normalized spacial score (nSPS) is 11.1. The Kier molecular flexibility index (Phi) is 6.88. The van der Waals surface area contributed by atoms with E-state index in [-0.39, 0.29) is 20.7 Å². The predicted molar refractivity (Wildman–Crippen MR) is 107 cm³/mol. The quantitative estimate of drug-likeness (QED) is 0.714. The molecular formula is C17H18ClN3O4S2. The van der Waals surface area contributed by atoms with Gasteiger partial charge in [0, 0.05) is 19.0 Å². The maximum atomic E-state index is 12.7. The van der Waals surface area contributed by atoms with Gasteiger partial charge in [-0.3, -0.25) is 9.59 Å². The summed E-state index contributed by atoms with van der Waals surface area (Å²) in [7, 11) is 0.814. The van der Waals surface area contributed by atoms with Crippen molar-refractivity contribution in [2.24, 2.45) is 0 Å². The molecule has 0 radical (unpaired) electrons. The molecule has 0 spiro atoms. The van der Waals surface area contributed by atoms with Crippen molar-refractivity contribution < 1.29 is 18.0 Å². The van der Waals surface area contributed by atoms with Gasteiger partial charge in [0.1, 0.15) is 0 Å². The van der Waals surface area contributed by atoms with Gasteiger partial charge in [-0.15, -0.1) is 0 Å². The molecule has 0 fully saturated rings. The van der Waals surface area contributed by atoms with E-state index >= 15 is 0 Å². The lowest BCUT2D eigenvalue weighted by Crippen LogP contribution is -2.20. The van der Waals surface area contributed by atoms with Crippen LogP contribution in [0.15, 0.2) is 52.3 Å². The van der Waals surface area contributed by atoms with Crippen LogP contribution in [0.4, 0.5) is 10.5 Å². The van der Waals surface area contributed by atoms with Crippen molar-refractivity contribution in [1.29, 1.82) is 0 Å². The highest BCUT2D eigenvalue weighted by Gasteiger charge is 2.19. The molecule has 7 nitrogen and oxygen atoms in total. The Morgan fingerprint density at radius 1 is 1.11 bits per heavy atom. The highest BCUT2D eigenvalue weighted by atomic mass is 35.5. The van der Waals surface area contributed by atoms with Crippen LogP contribution in [0, 0.1) is 0 Å². The fourth-order valence-corrected chi connectivity index (χ4v) is 3.70. The molecule has 0 saturated carbocycles. The molecule has 2 aromatic carbocycles. The summed E-state index contributed by atoms with van der Waals surface area (Å²) in [6.07, 6.45) is 0. The van der Waals surface area contributed by atoms with Crippen LogP contribution in [0.1, 0.15) is 10.4 Å². The van der Waals surface area contributed by atoms with Crippen LogP contribution < -0.4 is 10.0 Å². The highest BCUT2D eigenvalue weighted by Crippen LogP contribution is 2.30. The number of hydrogen-bond donors (Lipinski definition) is 2. The summed E-state index contributed by atoms with van der Waals surface area (Å²) in [5.41, 5.74) is 0.423. The van der Waals surface area contributed by atoms with E-state index in [0.717, 1.165) is 11.8 Å². The lowest BCUT2D eigenvalue weighted by molar-refractivity contribution is 0.102. The largest absolute Gasteiger partial charge is 0.339 e. The van der Waals surface area contributed by atoms with Crippen LogP contribution in [0.3, 0.4) is 0 Å². The van der Waals surface area contributed by atoms with E-state index in [4.69, 9.17) is 11.6 Å². The van der Waals surface area contributed by atoms with Crippen LogP contribution in [-0.2, 0) is 10.0 Å². The number of amides is 2. The van der Waals surface area contributed by atoms with E-state index < -0.39 is 15.9 Å². The molecule has 0 aliphatic rings. The van der Waals surface area contributed by atoms with Gasteiger partial charge in [0.2, 0.25) is 10.0 Å². The molecule has 2 aromatic rings. The molecule has 2 amide bonds. The fraction of sp³-hybridized carbons (Fsp3) is 0.176. The maximum Gasteiger partial charge on any atom is 0.286 e. The smallest absolute Gasteiger partial charge is 0.286 e. The monoisotopic (exact) mass is 427 g/mol. The van der Waals surface area contributed by atoms with Crippen molar-refractivity contribution in [3.8, 4) is 0 Å². The van der Waals surface area contributed by atoms with Crippen LogP contribution in [0.25, 0.3) is 0 Å². The van der Waals surface area contributed by atoms with E-state index in [1.807, 2.05) is 0 Å². The zero-order valence-electron chi connectivity index (χ0n) is 14.8. The minimum Gasteiger partial charge on any atom is -0.339 e. The van der Waals surface area contributed by atoms with Crippen LogP contribution >= 0.6 is 23.4 Å². The number of carbonyl (C=O) groups excluding carboxylic acids is 2. The van der Waals surface area contributed by atoms with E-state index in [1.54, 1.807) is 38.4 Å². The first-order chi connectivity index (χ1) is 12.7. The summed E-state index contributed by atoms with van der Waals surface area (Å²) in [5, 5.41) is 2.59. The van der Waals surface area contributed by atoms with Crippen molar-refractivity contribution in [2.75, 3.05) is 26.5 Å². The van der Waals surface area contributed by atoms with Gasteiger partial charge in [-0.1, -0.05) is 23.7 Å². The third-order valence-corrected chi connectivity index (χ3v) is 6.32. The molecule has 0 aliphatic carbocycles. The molecule has 0 heterocycles. The van der Waals surface area contributed by atoms with Gasteiger partial charge in [-0.05, 0) is 49.1 Å². The summed E-state index contributed by atoms with van der Waals surface area (Å²) in [4.78, 5) is 26.5. The summed E-state index contributed by atoms with van der Waals surface area (Å²) < 4.78 is 26.1. The second kappa shape index (κ2) is 8.75. The van der Waals surface area contributed by atoms with Gasteiger partial charge in [0.15, 0.2) is 0 Å². The number of hydrogen-bond acceptors (Lipinski definition) is 5. The Labute approximate surface area is 167 Å². The standard InChI is InChI=1S/C17H18ClN3O4S2/c1-19-27(24,25)11-8-9-13(18)12(10-11)16(22)20-14-6-4-5-7-15(14)26-17(23)21(2)3/h4-10,19H,1-3H3,(H,20,22). The number of anilines is 1. The zero-order valence-corrected chi connectivity index (χ0v) is 17.2. The Morgan fingerprint density at radius 2 is 1.78 bits per heavy atom. The number of nitrogens with one attached hydrogen (secondary N) is 2. The Balaban J connectivity index is 2.34. The fourth-order valence-electron chi connectivity index (χ4n) is 2.00. The van der Waals surface area contributed by atoms with Gasteiger partial charge in [-0.2, -0.15) is 0 Å². The molecule has 0 saturated heterocycles. The first-order valence-electron chi connectivity index (χ1n) is 7.68. The van der Waals surface area contributed by atoms with Gasteiger partial charge < -0.3 is 10.2 Å². The molecule has 2 rings (SSSR count). The Hall–Kier alpha value is -2.07. The minimum absolute atomic E-state index is 0.00623. The first-order valence-corrected chi connectivity index (χ1v) is 10.4. The molecule has 10 heteroatoms. The average Bonchev–Trinajstić information content (AvgIpc) is 2.63. The number of sulfonamides is 1. The van der Waals surface area contributed by atoms with Crippen LogP contribution in [0.5, 0.6) is 0 Å². The van der Waals surface area contributed by atoms with E-state index in [2.05, 4.69) is 10.0 Å². The van der Waals surface area contributed by atoms with Crippen molar-refractivity contribution in [1.82, 2.24) is 9.62 Å². The molecule has 0 atom stereocenters. The van der Waals surface area contributed by atoms with Crippen LogP contribution in [-0.4, -0.2) is 45.6 Å². The third kappa shape index (κ3) is 5.23. The average molecular weight is 428 g/mol. The second-order valence-electron chi connectivity index (χ2n) is 5.56. The molecule has 0 aromatic heterocycles. The number of rotatable bonds is 5. The van der Waals surface area contributed by atoms with Gasteiger partial charge in [0.25, 0.3) is 11.1 Å². The van der Waals surface area contributed by atoms with Gasteiger partial charge >= 0.3 is 0 Å². The number of halogens is 1. The molecular weight excluding hydrogens is 410 g/mol. The molecule has 144 valence electrons. The maximum absolute atomic E-state index is 12.7. The third-order valence-electron chi connectivity index (χ3n) is 3.46. The summed E-state index contributed by atoms with van der Waals surface area (Å²) in [5.74, 6) is -0.585. The van der Waals surface area contributed by atoms with Crippen molar-refractivity contribution in [3.63, 3.8) is 0 Å². The van der Waals surface area contributed by atoms with Gasteiger partial charge in [0.05, 0.1) is 21.2 Å². The minimum atomic E-state index is -3.72. The number of para-hydroxylation sites is 1. The predicted octanol–water partition coefficient (Wildman–Crippen LogP) is 3.27. The number of nitrogens with zero attached hydrogens (tertiary/aromatic N) is 1. The van der Waals surface area contributed by atoms with E-state index in [9.17, 15) is 18.0 Å². The molecule has 0 aliphatic heterocycles. The lowest BCUT2D eigenvalue weighted by atomic mass is 10.2. The Morgan fingerprint density at radius 3 is 2.41 bits per heavy atom. The molecule has 0 unspecified atom stereocenters. The van der Waals surface area contributed by atoms with Crippen molar-refractivity contribution >= 4 is 50.2 Å². The summed E-state index contributed by atoms with van der Waals surface area (Å²) in [6.45, 7) is 0. The lowest BCUT2D eigenvalue weighted by Gasteiger charge is -2.14. The van der Waals surface area contributed by atoms with Crippen LogP contribution in [0.2, 0.25) is 5.02 Å². The number of thioether (sulfide) groups is 1. The summed E-state index contributed by atoms with van der Waals surface area (Å²) in [6, 6.07) is 10.7. The topological polar surface area (TPSA) is 95.6 Å². The molecule has 27 heavy (non-hydrogen) atoms. The molecule has 2 N–H and O–H groups in total. The SMILES string of the molecule is CNS(=O)(=O)c1ccc(Cl)c(C(=O)Nc2ccccc2SC(=O)N(C)C)c1. The second-order valence-corrected chi connectivity index (χ2v) is 8.85. The molecule has 0 bridgehead atoms. The Bertz CT molecular complexity index is 978. The number of benzene rings is 2.